The van der Waals surface area contributed by atoms with Crippen LogP contribution in [-0.4, -0.2) is 16.5 Å². The molecule has 0 fully saturated rings. The number of para-hydroxylation sites is 1. The highest BCUT2D eigenvalue weighted by Crippen LogP contribution is 2.29. The lowest BCUT2D eigenvalue weighted by molar-refractivity contribution is 0.625. The molecule has 20 heavy (non-hydrogen) atoms. The van der Waals surface area contributed by atoms with Gasteiger partial charge < -0.3 is 9.73 Å². The lowest BCUT2D eigenvalue weighted by Gasteiger charge is -2.05. The molecule has 0 bridgehead atoms. The topological polar surface area (TPSA) is 51.0 Å². The molecule has 0 saturated carbocycles. The number of aromatic nitrogens is 2. The molecule has 102 valence electrons. The lowest BCUT2D eigenvalue weighted by Crippen LogP contribution is -2.02. The fraction of sp³-hybridized carbons (Fsp3) is 0.250. The largest absolute Gasteiger partial charge is 0.454 e. The Morgan fingerprint density at radius 1 is 1.15 bits per heavy atom. The van der Waals surface area contributed by atoms with Crippen molar-refractivity contribution in [1.82, 2.24) is 9.97 Å². The van der Waals surface area contributed by atoms with Crippen LogP contribution in [0, 0.1) is 13.8 Å². The minimum atomic E-state index is 0.732. The van der Waals surface area contributed by atoms with E-state index in [1.165, 1.54) is 0 Å². The van der Waals surface area contributed by atoms with Crippen LogP contribution in [-0.2, 0) is 0 Å². The molecule has 0 aliphatic carbocycles. The molecule has 4 heteroatoms. The molecule has 3 aromatic rings. The first-order valence-corrected chi connectivity index (χ1v) is 6.76. The van der Waals surface area contributed by atoms with Crippen LogP contribution < -0.4 is 5.32 Å². The predicted molar refractivity (Wildman–Crippen MR) is 80.9 cm³/mol. The number of anilines is 1. The van der Waals surface area contributed by atoms with E-state index in [1.807, 2.05) is 45.0 Å². The van der Waals surface area contributed by atoms with Gasteiger partial charge in [0.25, 0.3) is 0 Å². The van der Waals surface area contributed by atoms with Gasteiger partial charge in [-0.25, -0.2) is 9.97 Å². The van der Waals surface area contributed by atoms with Gasteiger partial charge in [0.1, 0.15) is 22.9 Å². The molecular weight excluding hydrogens is 250 g/mol. The van der Waals surface area contributed by atoms with E-state index >= 15 is 0 Å². The summed E-state index contributed by atoms with van der Waals surface area (Å²) in [5, 5.41) is 4.31. The summed E-state index contributed by atoms with van der Waals surface area (Å²) in [6.07, 6.45) is 0. The SMILES string of the molecule is CCNc1cc(-c2cc3cccc(C)c3o2)nc(C)n1. The molecule has 0 radical (unpaired) electrons. The van der Waals surface area contributed by atoms with E-state index in [0.29, 0.717) is 0 Å². The number of aryl methyl sites for hydroxylation is 2. The number of hydrogen-bond acceptors (Lipinski definition) is 4. The van der Waals surface area contributed by atoms with Crippen molar-refractivity contribution in [1.29, 1.82) is 0 Å². The minimum absolute atomic E-state index is 0.732. The second-order valence-electron chi connectivity index (χ2n) is 4.82. The molecule has 0 unspecified atom stereocenters. The van der Waals surface area contributed by atoms with Gasteiger partial charge in [0.2, 0.25) is 0 Å². The molecular formula is C16H17N3O. The maximum Gasteiger partial charge on any atom is 0.154 e. The Kier molecular flexibility index (Phi) is 3.14. The van der Waals surface area contributed by atoms with Crippen LogP contribution in [0.3, 0.4) is 0 Å². The highest BCUT2D eigenvalue weighted by Gasteiger charge is 2.11. The van der Waals surface area contributed by atoms with E-state index in [2.05, 4.69) is 21.4 Å². The number of fused-ring (bicyclic) bond motifs is 1. The molecule has 3 rings (SSSR count). The standard InChI is InChI=1S/C16H17N3O/c1-4-17-15-9-13(18-11(3)19-15)14-8-12-7-5-6-10(2)16(12)20-14/h5-9H,4H2,1-3H3,(H,17,18,19). The minimum Gasteiger partial charge on any atom is -0.454 e. The summed E-state index contributed by atoms with van der Waals surface area (Å²) in [6.45, 7) is 6.81. The van der Waals surface area contributed by atoms with Crippen LogP contribution >= 0.6 is 0 Å². The molecule has 0 aliphatic rings. The van der Waals surface area contributed by atoms with Gasteiger partial charge in [0.15, 0.2) is 5.76 Å². The van der Waals surface area contributed by atoms with Gasteiger partial charge in [-0.3, -0.25) is 0 Å². The van der Waals surface area contributed by atoms with Crippen LogP contribution in [0.5, 0.6) is 0 Å². The summed E-state index contributed by atoms with van der Waals surface area (Å²) < 4.78 is 5.95. The van der Waals surface area contributed by atoms with Crippen LogP contribution in [0.2, 0.25) is 0 Å². The average Bonchev–Trinajstić information content (AvgIpc) is 2.84. The molecule has 0 atom stereocenters. The number of nitrogens with one attached hydrogen (secondary N) is 1. The van der Waals surface area contributed by atoms with Gasteiger partial charge in [-0.05, 0) is 32.4 Å². The van der Waals surface area contributed by atoms with E-state index in [-0.39, 0.29) is 0 Å². The Balaban J connectivity index is 2.12. The van der Waals surface area contributed by atoms with Gasteiger partial charge in [0.05, 0.1) is 0 Å². The highest BCUT2D eigenvalue weighted by atomic mass is 16.3. The molecule has 0 saturated heterocycles. The number of hydrogen-bond donors (Lipinski definition) is 1. The quantitative estimate of drug-likeness (QED) is 0.781. The Morgan fingerprint density at radius 2 is 2.00 bits per heavy atom. The van der Waals surface area contributed by atoms with Gasteiger partial charge in [-0.1, -0.05) is 18.2 Å². The van der Waals surface area contributed by atoms with Gasteiger partial charge in [0, 0.05) is 18.0 Å². The number of benzene rings is 1. The van der Waals surface area contributed by atoms with Crippen molar-refractivity contribution in [2.24, 2.45) is 0 Å². The number of rotatable bonds is 3. The Bertz CT molecular complexity index is 762. The van der Waals surface area contributed by atoms with E-state index < -0.39 is 0 Å². The predicted octanol–water partition coefficient (Wildman–Crippen LogP) is 3.94. The van der Waals surface area contributed by atoms with Crippen molar-refractivity contribution >= 4 is 16.8 Å². The van der Waals surface area contributed by atoms with E-state index in [9.17, 15) is 0 Å². The zero-order chi connectivity index (χ0) is 14.1. The maximum atomic E-state index is 5.95. The third-order valence-corrected chi connectivity index (χ3v) is 3.19. The van der Waals surface area contributed by atoms with Gasteiger partial charge in [-0.2, -0.15) is 0 Å². The molecule has 1 N–H and O–H groups in total. The zero-order valence-electron chi connectivity index (χ0n) is 11.9. The summed E-state index contributed by atoms with van der Waals surface area (Å²) >= 11 is 0. The third-order valence-electron chi connectivity index (χ3n) is 3.19. The normalized spacial score (nSPS) is 10.9. The van der Waals surface area contributed by atoms with Crippen molar-refractivity contribution in [2.45, 2.75) is 20.8 Å². The van der Waals surface area contributed by atoms with Crippen LogP contribution in [0.25, 0.3) is 22.4 Å². The molecule has 2 aromatic heterocycles. The number of nitrogens with zero attached hydrogens (tertiary/aromatic N) is 2. The van der Waals surface area contributed by atoms with E-state index in [0.717, 1.165) is 46.2 Å². The molecule has 0 amide bonds. The monoisotopic (exact) mass is 267 g/mol. The summed E-state index contributed by atoms with van der Waals surface area (Å²) in [4.78, 5) is 8.82. The van der Waals surface area contributed by atoms with Crippen molar-refractivity contribution in [2.75, 3.05) is 11.9 Å². The first-order chi connectivity index (χ1) is 9.67. The Labute approximate surface area is 117 Å². The van der Waals surface area contributed by atoms with Crippen LogP contribution in [0.1, 0.15) is 18.3 Å². The van der Waals surface area contributed by atoms with Crippen molar-refractivity contribution in [3.63, 3.8) is 0 Å². The second kappa shape index (κ2) is 4.96. The van der Waals surface area contributed by atoms with Crippen molar-refractivity contribution in [3.05, 3.63) is 41.7 Å². The van der Waals surface area contributed by atoms with Crippen LogP contribution in [0.15, 0.2) is 34.7 Å². The van der Waals surface area contributed by atoms with E-state index in [1.54, 1.807) is 0 Å². The lowest BCUT2D eigenvalue weighted by atomic mass is 10.2. The van der Waals surface area contributed by atoms with Crippen molar-refractivity contribution in [3.8, 4) is 11.5 Å². The summed E-state index contributed by atoms with van der Waals surface area (Å²) in [6, 6.07) is 10.1. The van der Waals surface area contributed by atoms with Crippen molar-refractivity contribution < 1.29 is 4.42 Å². The first kappa shape index (κ1) is 12.7. The average molecular weight is 267 g/mol. The second-order valence-corrected chi connectivity index (χ2v) is 4.82. The summed E-state index contributed by atoms with van der Waals surface area (Å²) in [5.41, 5.74) is 2.86. The fourth-order valence-electron chi connectivity index (χ4n) is 2.30. The fourth-order valence-corrected chi connectivity index (χ4v) is 2.30. The Hall–Kier alpha value is -2.36. The maximum absolute atomic E-state index is 5.95. The highest BCUT2D eigenvalue weighted by molar-refractivity contribution is 5.84. The number of furan rings is 1. The smallest absolute Gasteiger partial charge is 0.154 e. The summed E-state index contributed by atoms with van der Waals surface area (Å²) in [5.74, 6) is 2.33. The molecule has 0 aliphatic heterocycles. The zero-order valence-corrected chi connectivity index (χ0v) is 11.9. The first-order valence-electron chi connectivity index (χ1n) is 6.76. The van der Waals surface area contributed by atoms with Gasteiger partial charge in [-0.15, -0.1) is 0 Å². The molecule has 2 heterocycles. The van der Waals surface area contributed by atoms with Gasteiger partial charge >= 0.3 is 0 Å². The third kappa shape index (κ3) is 2.25. The van der Waals surface area contributed by atoms with Crippen LogP contribution in [0.4, 0.5) is 5.82 Å². The Morgan fingerprint density at radius 3 is 2.75 bits per heavy atom. The molecule has 1 aromatic carbocycles. The summed E-state index contributed by atoms with van der Waals surface area (Å²) in [7, 11) is 0. The molecule has 0 spiro atoms. The van der Waals surface area contributed by atoms with E-state index in [4.69, 9.17) is 4.42 Å². The molecule has 4 nitrogen and oxygen atoms in total.